The summed E-state index contributed by atoms with van der Waals surface area (Å²) in [7, 11) is 0. The van der Waals surface area contributed by atoms with E-state index >= 15 is 0 Å². The number of hydrogen-bond acceptors (Lipinski definition) is 4. The van der Waals surface area contributed by atoms with Crippen LogP contribution in [0.5, 0.6) is 0 Å². The number of anilines is 1. The number of carbonyl (C=O) groups is 3. The normalized spacial score (nSPS) is 10.9. The Bertz CT molecular complexity index is 1290. The van der Waals surface area contributed by atoms with Gasteiger partial charge in [-0.3, -0.25) is 15.0 Å². The average Bonchev–Trinajstić information content (AvgIpc) is 2.82. The van der Waals surface area contributed by atoms with Crippen molar-refractivity contribution in [1.29, 1.82) is 5.41 Å². The van der Waals surface area contributed by atoms with Crippen molar-refractivity contribution in [2.24, 2.45) is 11.1 Å². The van der Waals surface area contributed by atoms with E-state index < -0.39 is 11.9 Å². The molecule has 0 saturated carbocycles. The van der Waals surface area contributed by atoms with Gasteiger partial charge in [-0.05, 0) is 59.0 Å². The van der Waals surface area contributed by atoms with E-state index in [9.17, 15) is 19.5 Å². The molecular weight excluding hydrogens is 444 g/mol. The van der Waals surface area contributed by atoms with Crippen molar-refractivity contribution in [3.8, 4) is 11.1 Å². The Balaban J connectivity index is 1.94. The molecule has 3 rings (SSSR count). The van der Waals surface area contributed by atoms with Crippen LogP contribution < -0.4 is 16.4 Å². The van der Waals surface area contributed by atoms with Gasteiger partial charge in [0.1, 0.15) is 5.84 Å². The summed E-state index contributed by atoms with van der Waals surface area (Å²) in [5.74, 6) is -2.08. The number of amides is 2. The molecule has 35 heavy (non-hydrogen) atoms. The number of nitrogens with one attached hydrogen (secondary N) is 3. The van der Waals surface area contributed by atoms with E-state index in [1.54, 1.807) is 60.7 Å². The van der Waals surface area contributed by atoms with Crippen LogP contribution in [-0.4, -0.2) is 35.3 Å². The van der Waals surface area contributed by atoms with Gasteiger partial charge in [0, 0.05) is 28.9 Å². The highest BCUT2D eigenvalue weighted by molar-refractivity contribution is 6.11. The van der Waals surface area contributed by atoms with Gasteiger partial charge in [-0.15, -0.1) is 0 Å². The third-order valence-electron chi connectivity index (χ3n) is 5.21. The molecule has 180 valence electrons. The number of nitrogens with two attached hydrogens (primary N) is 1. The highest BCUT2D eigenvalue weighted by Crippen LogP contribution is 2.29. The minimum Gasteiger partial charge on any atom is -0.478 e. The van der Waals surface area contributed by atoms with Gasteiger partial charge in [-0.25, -0.2) is 4.79 Å². The lowest BCUT2D eigenvalue weighted by Gasteiger charge is -2.19. The van der Waals surface area contributed by atoms with Gasteiger partial charge >= 0.3 is 5.97 Å². The monoisotopic (exact) mass is 472 g/mol. The van der Waals surface area contributed by atoms with Gasteiger partial charge in [0.05, 0.1) is 5.56 Å². The fraction of sp³-hybridized carbons (Fsp3) is 0.185. The number of carboxylic acids is 1. The van der Waals surface area contributed by atoms with E-state index in [-0.39, 0.29) is 33.8 Å². The Labute approximate surface area is 203 Å². The molecule has 0 radical (unpaired) electrons. The summed E-state index contributed by atoms with van der Waals surface area (Å²) in [5, 5.41) is 22.9. The molecule has 8 heteroatoms. The van der Waals surface area contributed by atoms with Crippen LogP contribution in [0.3, 0.4) is 0 Å². The Hall–Kier alpha value is -4.46. The second-order valence-electron chi connectivity index (χ2n) is 9.30. The number of carbonyl (C=O) groups excluding carboxylic acids is 2. The summed E-state index contributed by atoms with van der Waals surface area (Å²) in [6.45, 7) is 6.39. The number of rotatable bonds is 7. The zero-order chi connectivity index (χ0) is 25.8. The molecular formula is C27H28N4O4. The highest BCUT2D eigenvalue weighted by Gasteiger charge is 2.21. The van der Waals surface area contributed by atoms with Crippen LogP contribution in [0.1, 0.15) is 57.4 Å². The molecule has 0 unspecified atom stereocenters. The molecule has 0 saturated heterocycles. The molecule has 0 aliphatic heterocycles. The van der Waals surface area contributed by atoms with Gasteiger partial charge in [0.25, 0.3) is 11.8 Å². The predicted octanol–water partition coefficient (Wildman–Crippen LogP) is 4.36. The zero-order valence-electron chi connectivity index (χ0n) is 19.8. The fourth-order valence-corrected chi connectivity index (χ4v) is 3.39. The predicted molar refractivity (Wildman–Crippen MR) is 136 cm³/mol. The van der Waals surface area contributed by atoms with Crippen LogP contribution in [0, 0.1) is 10.8 Å². The standard InChI is InChI=1S/C27H28N4O4/c1-27(2,3)15-30-24(32)17-10-13-20(22(14-17)26(34)35)19-6-4-5-7-21(19)25(33)31-18-11-8-16(9-12-18)23(28)29/h4-14H,15H2,1-3H3,(H3,28,29)(H,30,32)(H,31,33)(H,34,35). The third-order valence-corrected chi connectivity index (χ3v) is 5.21. The molecule has 0 aliphatic carbocycles. The van der Waals surface area contributed by atoms with Crippen molar-refractivity contribution in [3.05, 3.63) is 89.0 Å². The minimum absolute atomic E-state index is 0.0787. The second kappa shape index (κ2) is 10.2. The van der Waals surface area contributed by atoms with Crippen molar-refractivity contribution in [1.82, 2.24) is 5.32 Å². The van der Waals surface area contributed by atoms with E-state index in [0.29, 0.717) is 28.9 Å². The van der Waals surface area contributed by atoms with E-state index in [2.05, 4.69) is 10.6 Å². The fourth-order valence-electron chi connectivity index (χ4n) is 3.39. The van der Waals surface area contributed by atoms with Crippen LogP contribution in [0.4, 0.5) is 5.69 Å². The number of carboxylic acid groups (broad SMARTS) is 1. The van der Waals surface area contributed by atoms with Crippen molar-refractivity contribution < 1.29 is 19.5 Å². The summed E-state index contributed by atoms with van der Waals surface area (Å²) in [4.78, 5) is 37.7. The zero-order valence-corrected chi connectivity index (χ0v) is 19.8. The molecule has 3 aromatic rings. The number of amidine groups is 1. The van der Waals surface area contributed by atoms with E-state index in [1.165, 1.54) is 6.07 Å². The maximum Gasteiger partial charge on any atom is 0.336 e. The molecule has 0 aliphatic rings. The Morgan fingerprint density at radius 3 is 2.06 bits per heavy atom. The van der Waals surface area contributed by atoms with Crippen LogP contribution in [0.15, 0.2) is 66.7 Å². The lowest BCUT2D eigenvalue weighted by molar-refractivity contribution is 0.0697. The lowest BCUT2D eigenvalue weighted by atomic mass is 9.93. The maximum absolute atomic E-state index is 13.1. The third kappa shape index (κ3) is 6.32. The molecule has 6 N–H and O–H groups in total. The maximum atomic E-state index is 13.1. The van der Waals surface area contributed by atoms with Crippen LogP contribution in [-0.2, 0) is 0 Å². The van der Waals surface area contributed by atoms with Gasteiger partial charge in [-0.1, -0.05) is 45.0 Å². The van der Waals surface area contributed by atoms with Crippen LogP contribution in [0.25, 0.3) is 11.1 Å². The van der Waals surface area contributed by atoms with Gasteiger partial charge in [-0.2, -0.15) is 0 Å². The van der Waals surface area contributed by atoms with E-state index in [1.807, 2.05) is 20.8 Å². The molecule has 2 amide bonds. The summed E-state index contributed by atoms with van der Waals surface area (Å²) in [6, 6.07) is 17.6. The van der Waals surface area contributed by atoms with Gasteiger partial charge in [0.15, 0.2) is 0 Å². The SMILES string of the molecule is CC(C)(C)CNC(=O)c1ccc(-c2ccccc2C(=O)Nc2ccc(C(=N)N)cc2)c(C(=O)O)c1. The first-order valence-electron chi connectivity index (χ1n) is 11.0. The van der Waals surface area contributed by atoms with Crippen molar-refractivity contribution in [3.63, 3.8) is 0 Å². The van der Waals surface area contributed by atoms with Gasteiger partial charge in [0.2, 0.25) is 0 Å². The molecule has 0 heterocycles. The van der Waals surface area contributed by atoms with Crippen molar-refractivity contribution in [2.45, 2.75) is 20.8 Å². The van der Waals surface area contributed by atoms with Gasteiger partial charge < -0.3 is 21.5 Å². The number of aromatic carboxylic acids is 1. The number of hydrogen-bond donors (Lipinski definition) is 5. The molecule has 0 spiro atoms. The van der Waals surface area contributed by atoms with Crippen molar-refractivity contribution in [2.75, 3.05) is 11.9 Å². The summed E-state index contributed by atoms with van der Waals surface area (Å²) in [5.41, 5.74) is 7.53. The number of nitrogen functional groups attached to an aromatic ring is 1. The summed E-state index contributed by atoms with van der Waals surface area (Å²) in [6.07, 6.45) is 0. The first-order valence-corrected chi connectivity index (χ1v) is 11.0. The lowest BCUT2D eigenvalue weighted by Crippen LogP contribution is -2.32. The van der Waals surface area contributed by atoms with E-state index in [0.717, 1.165) is 0 Å². The molecule has 0 fully saturated rings. The Kier molecular flexibility index (Phi) is 7.34. The quantitative estimate of drug-likeness (QED) is 0.256. The Morgan fingerprint density at radius 1 is 0.857 bits per heavy atom. The van der Waals surface area contributed by atoms with Crippen LogP contribution >= 0.6 is 0 Å². The van der Waals surface area contributed by atoms with E-state index in [4.69, 9.17) is 11.1 Å². The van der Waals surface area contributed by atoms with Crippen molar-refractivity contribution >= 4 is 29.3 Å². The minimum atomic E-state index is -1.21. The highest BCUT2D eigenvalue weighted by atomic mass is 16.4. The Morgan fingerprint density at radius 2 is 1.46 bits per heavy atom. The number of benzene rings is 3. The first kappa shape index (κ1) is 25.2. The molecule has 0 bridgehead atoms. The van der Waals surface area contributed by atoms with Crippen LogP contribution in [0.2, 0.25) is 0 Å². The first-order chi connectivity index (χ1) is 16.5. The summed E-state index contributed by atoms with van der Waals surface area (Å²) < 4.78 is 0. The largest absolute Gasteiger partial charge is 0.478 e. The molecule has 3 aromatic carbocycles. The topological polar surface area (TPSA) is 145 Å². The summed E-state index contributed by atoms with van der Waals surface area (Å²) >= 11 is 0. The molecule has 8 nitrogen and oxygen atoms in total. The smallest absolute Gasteiger partial charge is 0.336 e. The molecule has 0 aromatic heterocycles. The second-order valence-corrected chi connectivity index (χ2v) is 9.30. The molecule has 0 atom stereocenters. The average molecular weight is 473 g/mol.